The highest BCUT2D eigenvalue weighted by Gasteiger charge is 2.18. The van der Waals surface area contributed by atoms with E-state index in [-0.39, 0.29) is 17.1 Å². The second-order valence-corrected chi connectivity index (χ2v) is 7.68. The van der Waals surface area contributed by atoms with Crippen LogP contribution in [0.3, 0.4) is 0 Å². The van der Waals surface area contributed by atoms with Gasteiger partial charge in [-0.15, -0.1) is 0 Å². The van der Waals surface area contributed by atoms with Gasteiger partial charge < -0.3 is 19.0 Å². The summed E-state index contributed by atoms with van der Waals surface area (Å²) >= 11 is 1.38. The van der Waals surface area contributed by atoms with Crippen molar-refractivity contribution < 1.29 is 9.84 Å². The highest BCUT2D eigenvalue weighted by Crippen LogP contribution is 2.28. The molecule has 0 fully saturated rings. The van der Waals surface area contributed by atoms with E-state index in [1.165, 1.54) is 11.8 Å². The van der Waals surface area contributed by atoms with Crippen molar-refractivity contribution >= 4 is 39.4 Å². The third-order valence-electron chi connectivity index (χ3n) is 4.89. The summed E-state index contributed by atoms with van der Waals surface area (Å²) in [6, 6.07) is 17.6. The monoisotopic (exact) mass is 419 g/mol. The first-order valence-electron chi connectivity index (χ1n) is 9.45. The van der Waals surface area contributed by atoms with Crippen LogP contribution < -0.4 is 0 Å². The average Bonchev–Trinajstić information content (AvgIpc) is 3.29. The van der Waals surface area contributed by atoms with Gasteiger partial charge in [-0.1, -0.05) is 36.0 Å². The molecule has 0 spiro atoms. The Morgan fingerprint density at radius 3 is 2.43 bits per heavy atom. The lowest BCUT2D eigenvalue weighted by molar-refractivity contribution is 0.186. The molecule has 0 radical (unpaired) electrons. The molecule has 2 aromatic carbocycles. The van der Waals surface area contributed by atoms with Crippen molar-refractivity contribution in [1.82, 2.24) is 19.1 Å². The van der Waals surface area contributed by atoms with Crippen LogP contribution in [0.4, 0.5) is 0 Å². The number of aryl methyl sites for hydroxylation is 1. The number of fused-ring (bicyclic) bond motifs is 2. The fourth-order valence-electron chi connectivity index (χ4n) is 3.38. The minimum Gasteiger partial charge on any atom is -0.510 e. The number of benzene rings is 2. The minimum absolute atomic E-state index is 0.0220. The molecule has 0 aliphatic rings. The highest BCUT2D eigenvalue weighted by molar-refractivity contribution is 7.99. The van der Waals surface area contributed by atoms with E-state index in [0.29, 0.717) is 19.0 Å². The Balaban J connectivity index is 1.66. The predicted octanol–water partition coefficient (Wildman–Crippen LogP) is 4.15. The summed E-state index contributed by atoms with van der Waals surface area (Å²) in [7, 11) is 3.50. The number of ether oxygens (including phenoxy) is 1. The number of para-hydroxylation sites is 4. The van der Waals surface area contributed by atoms with E-state index in [9.17, 15) is 10.4 Å². The molecule has 0 amide bonds. The van der Waals surface area contributed by atoms with Crippen molar-refractivity contribution in [3.05, 3.63) is 60.1 Å². The van der Waals surface area contributed by atoms with Crippen molar-refractivity contribution in [2.45, 2.75) is 11.7 Å². The lowest BCUT2D eigenvalue weighted by Gasteiger charge is -2.09. The summed E-state index contributed by atoms with van der Waals surface area (Å²) in [6.45, 7) is 1.21. The van der Waals surface area contributed by atoms with Gasteiger partial charge in [-0.05, 0) is 24.3 Å². The number of allylic oxidation sites excluding steroid dienone is 1. The van der Waals surface area contributed by atoms with Gasteiger partial charge in [0.25, 0.3) is 0 Å². The quantitative estimate of drug-likeness (QED) is 0.275. The summed E-state index contributed by atoms with van der Waals surface area (Å²) in [5.74, 6) is 0.638. The molecule has 0 saturated heterocycles. The lowest BCUT2D eigenvalue weighted by atomic mass is 10.2. The standard InChI is InChI=1S/C22H21N5O2S/c1-26-18-9-5-3-7-16(18)24-21(26)15(13-23)20(28)14-30-22-25-17-8-4-6-10-19(17)27(22)11-12-29-2/h3-10,28H,11-12,14H2,1-2H3/b20-15-. The normalized spacial score (nSPS) is 12.3. The van der Waals surface area contributed by atoms with E-state index < -0.39 is 0 Å². The Kier molecular flexibility index (Phi) is 5.74. The molecule has 8 heteroatoms. The maximum Gasteiger partial charge on any atom is 0.169 e. The van der Waals surface area contributed by atoms with E-state index in [2.05, 4.69) is 20.6 Å². The van der Waals surface area contributed by atoms with Crippen LogP contribution in [0.5, 0.6) is 0 Å². The Hall–Kier alpha value is -3.28. The molecule has 2 heterocycles. The summed E-state index contributed by atoms with van der Waals surface area (Å²) in [6.07, 6.45) is 0. The van der Waals surface area contributed by atoms with Crippen molar-refractivity contribution in [2.75, 3.05) is 19.5 Å². The van der Waals surface area contributed by atoms with E-state index in [1.807, 2.05) is 60.1 Å². The fourth-order valence-corrected chi connectivity index (χ4v) is 4.30. The molecule has 0 aliphatic carbocycles. The third-order valence-corrected chi connectivity index (χ3v) is 5.88. The summed E-state index contributed by atoms with van der Waals surface area (Å²) in [4.78, 5) is 9.21. The molecule has 0 bridgehead atoms. The first-order valence-corrected chi connectivity index (χ1v) is 10.4. The number of aromatic nitrogens is 4. The molecular weight excluding hydrogens is 398 g/mol. The van der Waals surface area contributed by atoms with E-state index in [4.69, 9.17) is 4.74 Å². The van der Waals surface area contributed by atoms with Crippen LogP contribution in [-0.4, -0.2) is 43.7 Å². The van der Waals surface area contributed by atoms with Crippen molar-refractivity contribution in [3.63, 3.8) is 0 Å². The van der Waals surface area contributed by atoms with Crippen LogP contribution >= 0.6 is 11.8 Å². The molecule has 2 aromatic heterocycles. The molecule has 0 atom stereocenters. The van der Waals surface area contributed by atoms with Crippen LogP contribution in [0.1, 0.15) is 5.82 Å². The topological polar surface area (TPSA) is 88.9 Å². The van der Waals surface area contributed by atoms with Crippen molar-refractivity contribution in [2.24, 2.45) is 7.05 Å². The zero-order chi connectivity index (χ0) is 21.1. The zero-order valence-corrected chi connectivity index (χ0v) is 17.6. The SMILES string of the molecule is COCCn1c(SC/C(O)=C(\C#N)c2nc3ccccc3n2C)nc2ccccc21. The van der Waals surface area contributed by atoms with E-state index >= 15 is 0 Å². The van der Waals surface area contributed by atoms with Crippen LogP contribution in [0.15, 0.2) is 59.4 Å². The van der Waals surface area contributed by atoms with Gasteiger partial charge in [0.2, 0.25) is 0 Å². The number of hydrogen-bond donors (Lipinski definition) is 1. The van der Waals surface area contributed by atoms with E-state index in [0.717, 1.165) is 27.2 Å². The summed E-state index contributed by atoms with van der Waals surface area (Å²) < 4.78 is 9.12. The first-order chi connectivity index (χ1) is 14.6. The zero-order valence-electron chi connectivity index (χ0n) is 16.7. The van der Waals surface area contributed by atoms with Gasteiger partial charge in [0.05, 0.1) is 34.4 Å². The number of hydrogen-bond acceptors (Lipinski definition) is 6. The number of aliphatic hydroxyl groups is 1. The molecule has 0 unspecified atom stereocenters. The number of nitriles is 1. The number of imidazole rings is 2. The van der Waals surface area contributed by atoms with Crippen LogP contribution in [0.2, 0.25) is 0 Å². The number of methoxy groups -OCH3 is 1. The summed E-state index contributed by atoms with van der Waals surface area (Å²) in [5, 5.41) is 21.2. The molecule has 0 saturated carbocycles. The van der Waals surface area contributed by atoms with Gasteiger partial charge in [-0.2, -0.15) is 5.26 Å². The van der Waals surface area contributed by atoms with Crippen molar-refractivity contribution in [3.8, 4) is 6.07 Å². The Labute approximate surface area is 178 Å². The molecule has 152 valence electrons. The molecule has 4 rings (SSSR count). The van der Waals surface area contributed by atoms with Gasteiger partial charge in [-0.3, -0.25) is 0 Å². The lowest BCUT2D eigenvalue weighted by Crippen LogP contribution is -2.06. The van der Waals surface area contributed by atoms with Crippen LogP contribution in [0.25, 0.3) is 27.6 Å². The number of rotatable bonds is 7. The fraction of sp³-hybridized carbons (Fsp3) is 0.227. The number of aliphatic hydroxyl groups excluding tert-OH is 1. The predicted molar refractivity (Wildman–Crippen MR) is 118 cm³/mol. The summed E-state index contributed by atoms with van der Waals surface area (Å²) in [5.41, 5.74) is 3.75. The van der Waals surface area contributed by atoms with E-state index in [1.54, 1.807) is 7.11 Å². The number of thioether (sulfide) groups is 1. The molecule has 30 heavy (non-hydrogen) atoms. The molecule has 7 nitrogen and oxygen atoms in total. The van der Waals surface area contributed by atoms with Gasteiger partial charge in [0.1, 0.15) is 17.4 Å². The Morgan fingerprint density at radius 2 is 1.77 bits per heavy atom. The molecular formula is C22H21N5O2S. The maximum absolute atomic E-state index is 10.7. The van der Waals surface area contributed by atoms with Gasteiger partial charge in [0.15, 0.2) is 11.0 Å². The Morgan fingerprint density at radius 1 is 1.10 bits per heavy atom. The van der Waals surface area contributed by atoms with Gasteiger partial charge >= 0.3 is 0 Å². The van der Waals surface area contributed by atoms with Crippen molar-refractivity contribution in [1.29, 1.82) is 5.26 Å². The number of nitrogens with zero attached hydrogens (tertiary/aromatic N) is 5. The first kappa shape index (κ1) is 20.0. The largest absolute Gasteiger partial charge is 0.510 e. The highest BCUT2D eigenvalue weighted by atomic mass is 32.2. The van der Waals surface area contributed by atoms with Gasteiger partial charge in [0, 0.05) is 20.7 Å². The minimum atomic E-state index is -0.0220. The molecule has 1 N–H and O–H groups in total. The third kappa shape index (κ3) is 3.65. The maximum atomic E-state index is 10.7. The smallest absolute Gasteiger partial charge is 0.169 e. The van der Waals surface area contributed by atoms with Gasteiger partial charge in [-0.25, -0.2) is 9.97 Å². The molecule has 0 aliphatic heterocycles. The Bertz CT molecular complexity index is 1280. The van der Waals surface area contributed by atoms with Crippen LogP contribution in [-0.2, 0) is 18.3 Å². The molecule has 4 aromatic rings. The van der Waals surface area contributed by atoms with Crippen LogP contribution in [0, 0.1) is 11.3 Å². The second-order valence-electron chi connectivity index (χ2n) is 6.73. The average molecular weight is 420 g/mol. The second kappa shape index (κ2) is 8.61.